The van der Waals surface area contributed by atoms with Gasteiger partial charge < -0.3 is 4.42 Å². The number of thiol groups is 1. The van der Waals surface area contributed by atoms with Crippen LogP contribution in [0.3, 0.4) is 0 Å². The van der Waals surface area contributed by atoms with E-state index in [1.807, 2.05) is 42.5 Å². The SMILES string of the molecule is Sc1oc(Sc2ccccc2)c(Sc2ccccc2)c1Sc1ccccc1. The summed E-state index contributed by atoms with van der Waals surface area (Å²) < 4.78 is 6.08. The predicted octanol–water partition coefficient (Wildman–Crippen LogP) is 8.02. The highest BCUT2D eigenvalue weighted by Gasteiger charge is 2.21. The third kappa shape index (κ3) is 4.79. The van der Waals surface area contributed by atoms with Gasteiger partial charge in [-0.25, -0.2) is 0 Å². The van der Waals surface area contributed by atoms with E-state index < -0.39 is 0 Å². The van der Waals surface area contributed by atoms with Crippen LogP contribution in [0.5, 0.6) is 0 Å². The van der Waals surface area contributed by atoms with Crippen molar-refractivity contribution in [3.05, 3.63) is 91.0 Å². The van der Waals surface area contributed by atoms with Gasteiger partial charge in [-0.3, -0.25) is 0 Å². The average Bonchev–Trinajstić information content (AvgIpc) is 2.99. The van der Waals surface area contributed by atoms with E-state index in [2.05, 4.69) is 61.2 Å². The Balaban J connectivity index is 1.72. The topological polar surface area (TPSA) is 13.1 Å². The molecule has 0 saturated carbocycles. The summed E-state index contributed by atoms with van der Waals surface area (Å²) in [6, 6.07) is 31.0. The minimum Gasteiger partial charge on any atom is -0.441 e. The van der Waals surface area contributed by atoms with Crippen molar-refractivity contribution in [3.63, 3.8) is 0 Å². The van der Waals surface area contributed by atoms with Gasteiger partial charge in [-0.1, -0.05) is 89.9 Å². The molecule has 0 atom stereocenters. The second kappa shape index (κ2) is 9.02. The fraction of sp³-hybridized carbons (Fsp3) is 0. The standard InChI is InChI=1S/C22H16OS4/c24-21-19(25-16-10-4-1-5-11-16)20(26-17-12-6-2-7-13-17)22(23-21)27-18-14-8-3-9-15-18/h1-15,24H. The van der Waals surface area contributed by atoms with Gasteiger partial charge in [-0.2, -0.15) is 0 Å². The fourth-order valence-corrected chi connectivity index (χ4v) is 5.98. The average molecular weight is 425 g/mol. The van der Waals surface area contributed by atoms with Crippen molar-refractivity contribution >= 4 is 47.9 Å². The molecule has 0 amide bonds. The van der Waals surface area contributed by atoms with Crippen LogP contribution in [0.4, 0.5) is 0 Å². The summed E-state index contributed by atoms with van der Waals surface area (Å²) in [5.41, 5.74) is 0. The van der Waals surface area contributed by atoms with Crippen LogP contribution >= 0.6 is 47.9 Å². The maximum absolute atomic E-state index is 6.08. The van der Waals surface area contributed by atoms with E-state index in [4.69, 9.17) is 4.42 Å². The van der Waals surface area contributed by atoms with Gasteiger partial charge in [0.25, 0.3) is 0 Å². The molecule has 3 aromatic carbocycles. The molecule has 1 aromatic heterocycles. The first kappa shape index (κ1) is 18.7. The highest BCUT2D eigenvalue weighted by molar-refractivity contribution is 8.04. The summed E-state index contributed by atoms with van der Waals surface area (Å²) in [7, 11) is 0. The maximum Gasteiger partial charge on any atom is 0.181 e. The third-order valence-electron chi connectivity index (χ3n) is 3.66. The van der Waals surface area contributed by atoms with E-state index in [9.17, 15) is 0 Å². The lowest BCUT2D eigenvalue weighted by Gasteiger charge is -2.06. The number of rotatable bonds is 6. The second-order valence-corrected chi connectivity index (χ2v) is 9.22. The summed E-state index contributed by atoms with van der Waals surface area (Å²) >= 11 is 9.67. The lowest BCUT2D eigenvalue weighted by molar-refractivity contribution is 0.385. The second-order valence-electron chi connectivity index (χ2n) is 5.60. The summed E-state index contributed by atoms with van der Waals surface area (Å²) in [5, 5.41) is 1.53. The van der Waals surface area contributed by atoms with Gasteiger partial charge in [-0.05, 0) is 36.4 Å². The summed E-state index contributed by atoms with van der Waals surface area (Å²) in [6.07, 6.45) is 0. The van der Waals surface area contributed by atoms with Crippen LogP contribution in [-0.2, 0) is 0 Å². The molecule has 0 N–H and O–H groups in total. The van der Waals surface area contributed by atoms with Gasteiger partial charge in [0.05, 0.1) is 9.79 Å². The summed E-state index contributed by atoms with van der Waals surface area (Å²) in [5.74, 6) is 0. The highest BCUT2D eigenvalue weighted by Crippen LogP contribution is 2.50. The van der Waals surface area contributed by atoms with Gasteiger partial charge >= 0.3 is 0 Å². The molecule has 0 fully saturated rings. The van der Waals surface area contributed by atoms with Crippen LogP contribution in [0.15, 0.2) is 130 Å². The van der Waals surface area contributed by atoms with E-state index in [1.54, 1.807) is 35.3 Å². The number of furan rings is 1. The fourth-order valence-electron chi connectivity index (χ4n) is 2.42. The van der Waals surface area contributed by atoms with Gasteiger partial charge in [0.1, 0.15) is 0 Å². The molecule has 0 unspecified atom stereocenters. The zero-order valence-electron chi connectivity index (χ0n) is 14.2. The monoisotopic (exact) mass is 424 g/mol. The Morgan fingerprint density at radius 1 is 0.519 bits per heavy atom. The zero-order chi connectivity index (χ0) is 18.5. The molecular formula is C22H16OS4. The van der Waals surface area contributed by atoms with Crippen LogP contribution in [0.1, 0.15) is 0 Å². The first-order valence-corrected chi connectivity index (χ1v) is 11.2. The maximum atomic E-state index is 6.08. The Bertz CT molecular complexity index is 999. The molecular weight excluding hydrogens is 409 g/mol. The Labute approximate surface area is 177 Å². The highest BCUT2D eigenvalue weighted by atomic mass is 32.2. The Hall–Kier alpha value is -1.66. The van der Waals surface area contributed by atoms with Gasteiger partial charge in [-0.15, -0.1) is 12.6 Å². The number of hydrogen-bond acceptors (Lipinski definition) is 5. The van der Waals surface area contributed by atoms with Gasteiger partial charge in [0.2, 0.25) is 0 Å². The van der Waals surface area contributed by atoms with Gasteiger partial charge in [0, 0.05) is 14.7 Å². The zero-order valence-corrected chi connectivity index (χ0v) is 17.6. The van der Waals surface area contributed by atoms with Crippen molar-refractivity contribution in [2.45, 2.75) is 34.7 Å². The predicted molar refractivity (Wildman–Crippen MR) is 118 cm³/mol. The van der Waals surface area contributed by atoms with Gasteiger partial charge in [0.15, 0.2) is 10.2 Å². The quantitative estimate of drug-likeness (QED) is 0.315. The molecule has 4 aromatic rings. The van der Waals surface area contributed by atoms with Crippen LogP contribution < -0.4 is 0 Å². The Morgan fingerprint density at radius 2 is 0.926 bits per heavy atom. The molecule has 1 nitrogen and oxygen atoms in total. The van der Waals surface area contributed by atoms with Crippen LogP contribution in [0.2, 0.25) is 0 Å². The largest absolute Gasteiger partial charge is 0.441 e. The van der Waals surface area contributed by atoms with Crippen LogP contribution in [0, 0.1) is 0 Å². The summed E-state index contributed by atoms with van der Waals surface area (Å²) in [4.78, 5) is 5.65. The molecule has 5 heteroatoms. The molecule has 27 heavy (non-hydrogen) atoms. The lowest BCUT2D eigenvalue weighted by atomic mass is 10.4. The van der Waals surface area contributed by atoms with Crippen molar-refractivity contribution in [1.82, 2.24) is 0 Å². The first-order valence-electron chi connectivity index (χ1n) is 8.34. The van der Waals surface area contributed by atoms with E-state index >= 15 is 0 Å². The Kier molecular flexibility index (Phi) is 6.24. The molecule has 0 radical (unpaired) electrons. The molecule has 134 valence electrons. The van der Waals surface area contributed by atoms with Crippen molar-refractivity contribution < 1.29 is 4.42 Å². The van der Waals surface area contributed by atoms with Crippen LogP contribution in [0.25, 0.3) is 0 Å². The third-order valence-corrected chi connectivity index (χ3v) is 7.56. The Morgan fingerprint density at radius 3 is 1.41 bits per heavy atom. The molecule has 0 aliphatic carbocycles. The minimum atomic E-state index is 0.653. The molecule has 0 spiro atoms. The number of hydrogen-bond donors (Lipinski definition) is 1. The van der Waals surface area contributed by atoms with E-state index in [1.165, 1.54) is 9.79 Å². The molecule has 0 saturated heterocycles. The normalized spacial score (nSPS) is 10.9. The first-order chi connectivity index (χ1) is 13.3. The van der Waals surface area contributed by atoms with Crippen LogP contribution in [-0.4, -0.2) is 0 Å². The number of benzene rings is 3. The lowest BCUT2D eigenvalue weighted by Crippen LogP contribution is -1.79. The van der Waals surface area contributed by atoms with Crippen molar-refractivity contribution in [2.24, 2.45) is 0 Å². The van der Waals surface area contributed by atoms with E-state index in [-0.39, 0.29) is 0 Å². The van der Waals surface area contributed by atoms with Crippen molar-refractivity contribution in [2.75, 3.05) is 0 Å². The minimum absolute atomic E-state index is 0.653. The van der Waals surface area contributed by atoms with Crippen molar-refractivity contribution in [1.29, 1.82) is 0 Å². The summed E-state index contributed by atoms with van der Waals surface area (Å²) in [6.45, 7) is 0. The molecule has 4 rings (SSSR count). The van der Waals surface area contributed by atoms with E-state index in [0.29, 0.717) is 5.09 Å². The smallest absolute Gasteiger partial charge is 0.181 e. The van der Waals surface area contributed by atoms with Crippen molar-refractivity contribution in [3.8, 4) is 0 Å². The molecule has 1 heterocycles. The molecule has 0 aliphatic heterocycles. The van der Waals surface area contributed by atoms with E-state index in [0.717, 1.165) is 19.8 Å². The molecule has 0 aliphatic rings. The molecule has 0 bridgehead atoms.